The maximum absolute atomic E-state index is 5.86. The molecule has 1 aromatic rings. The second kappa shape index (κ2) is 6.41. The van der Waals surface area contributed by atoms with Crippen LogP contribution in [0.2, 0.25) is 0 Å². The van der Waals surface area contributed by atoms with Gasteiger partial charge in [-0.2, -0.15) is 0 Å². The lowest BCUT2D eigenvalue weighted by Gasteiger charge is -2.32. The quantitative estimate of drug-likeness (QED) is 0.855. The fraction of sp³-hybridized carbons (Fsp3) is 0.765. The van der Waals surface area contributed by atoms with Crippen LogP contribution in [0.25, 0.3) is 0 Å². The molecule has 2 saturated heterocycles. The molecule has 0 saturated carbocycles. The summed E-state index contributed by atoms with van der Waals surface area (Å²) >= 11 is 0. The first kappa shape index (κ1) is 15.5. The van der Waals surface area contributed by atoms with Crippen molar-refractivity contribution in [2.75, 3.05) is 18.0 Å². The first-order valence-electron chi connectivity index (χ1n) is 8.56. The molecular formula is C17H28N4O. The normalized spacial score (nSPS) is 25.8. The minimum absolute atomic E-state index is 0.117. The SMILES string of the molecule is CC(C)Oc1nccnc1N1CCC2CCC(C1)N2C(C)C. The van der Waals surface area contributed by atoms with Crippen LogP contribution >= 0.6 is 0 Å². The third kappa shape index (κ3) is 3.05. The lowest BCUT2D eigenvalue weighted by molar-refractivity contribution is 0.158. The highest BCUT2D eigenvalue weighted by Gasteiger charge is 2.39. The molecule has 22 heavy (non-hydrogen) atoms. The van der Waals surface area contributed by atoms with Crippen molar-refractivity contribution in [1.29, 1.82) is 0 Å². The van der Waals surface area contributed by atoms with Crippen LogP contribution in [0.4, 0.5) is 5.82 Å². The van der Waals surface area contributed by atoms with Gasteiger partial charge in [-0.05, 0) is 47.0 Å². The average Bonchev–Trinajstić information content (AvgIpc) is 2.74. The molecule has 1 aromatic heterocycles. The van der Waals surface area contributed by atoms with Crippen LogP contribution in [0, 0.1) is 0 Å². The molecule has 0 radical (unpaired) electrons. The van der Waals surface area contributed by atoms with Gasteiger partial charge in [0.25, 0.3) is 5.88 Å². The highest BCUT2D eigenvalue weighted by molar-refractivity contribution is 5.48. The van der Waals surface area contributed by atoms with Gasteiger partial charge >= 0.3 is 0 Å². The molecule has 3 rings (SSSR count). The first-order valence-corrected chi connectivity index (χ1v) is 8.56. The van der Waals surface area contributed by atoms with Gasteiger partial charge in [-0.15, -0.1) is 0 Å². The van der Waals surface area contributed by atoms with Gasteiger partial charge in [0, 0.05) is 43.6 Å². The number of aromatic nitrogens is 2. The molecule has 5 nitrogen and oxygen atoms in total. The van der Waals surface area contributed by atoms with Crippen molar-refractivity contribution < 1.29 is 4.74 Å². The van der Waals surface area contributed by atoms with Crippen LogP contribution in [0.15, 0.2) is 12.4 Å². The van der Waals surface area contributed by atoms with Crippen molar-refractivity contribution in [2.45, 2.75) is 71.2 Å². The van der Waals surface area contributed by atoms with Gasteiger partial charge in [-0.3, -0.25) is 4.90 Å². The van der Waals surface area contributed by atoms with E-state index in [1.165, 1.54) is 19.3 Å². The number of hydrogen-bond donors (Lipinski definition) is 0. The molecule has 2 bridgehead atoms. The number of hydrogen-bond acceptors (Lipinski definition) is 5. The summed E-state index contributed by atoms with van der Waals surface area (Å²) in [7, 11) is 0. The standard InChI is InChI=1S/C17H28N4O/c1-12(2)21-14-5-6-15(21)11-20(10-7-14)16-17(22-13(3)4)19-9-8-18-16/h8-9,12-15H,5-7,10-11H2,1-4H3. The molecule has 0 spiro atoms. The summed E-state index contributed by atoms with van der Waals surface area (Å²) in [6.07, 6.45) is 7.43. The Morgan fingerprint density at radius 1 is 1.05 bits per heavy atom. The van der Waals surface area contributed by atoms with Gasteiger partial charge in [0.1, 0.15) is 0 Å². The minimum atomic E-state index is 0.117. The van der Waals surface area contributed by atoms with E-state index in [-0.39, 0.29) is 6.10 Å². The van der Waals surface area contributed by atoms with Crippen molar-refractivity contribution in [1.82, 2.24) is 14.9 Å². The minimum Gasteiger partial charge on any atom is -0.472 e. The zero-order chi connectivity index (χ0) is 15.7. The van der Waals surface area contributed by atoms with E-state index in [0.717, 1.165) is 24.9 Å². The van der Waals surface area contributed by atoms with Gasteiger partial charge in [0.15, 0.2) is 5.82 Å². The molecule has 5 heteroatoms. The molecule has 2 fully saturated rings. The van der Waals surface area contributed by atoms with Crippen LogP contribution in [0.1, 0.15) is 47.0 Å². The molecule has 3 heterocycles. The van der Waals surface area contributed by atoms with E-state index < -0.39 is 0 Å². The Kier molecular flexibility index (Phi) is 4.52. The van der Waals surface area contributed by atoms with Crippen LogP contribution < -0.4 is 9.64 Å². The maximum Gasteiger partial charge on any atom is 0.257 e. The predicted octanol–water partition coefficient (Wildman–Crippen LogP) is 2.72. The number of rotatable bonds is 4. The van der Waals surface area contributed by atoms with E-state index in [4.69, 9.17) is 4.74 Å². The van der Waals surface area contributed by atoms with E-state index in [0.29, 0.717) is 18.0 Å². The Bertz CT molecular complexity index is 505. The van der Waals surface area contributed by atoms with E-state index in [1.807, 2.05) is 13.8 Å². The third-order valence-corrected chi connectivity index (χ3v) is 4.73. The van der Waals surface area contributed by atoms with Crippen LogP contribution in [-0.4, -0.2) is 52.2 Å². The molecular weight excluding hydrogens is 276 g/mol. The maximum atomic E-state index is 5.86. The van der Waals surface area contributed by atoms with Crippen molar-refractivity contribution >= 4 is 5.82 Å². The lowest BCUT2D eigenvalue weighted by Crippen LogP contribution is -2.43. The summed E-state index contributed by atoms with van der Waals surface area (Å²) in [5, 5.41) is 0. The van der Waals surface area contributed by atoms with Gasteiger partial charge in [-0.25, -0.2) is 9.97 Å². The zero-order valence-electron chi connectivity index (χ0n) is 14.2. The number of anilines is 1. The summed E-state index contributed by atoms with van der Waals surface area (Å²) in [5.41, 5.74) is 0. The molecule has 0 aromatic carbocycles. The highest BCUT2D eigenvalue weighted by atomic mass is 16.5. The van der Waals surface area contributed by atoms with E-state index in [9.17, 15) is 0 Å². The number of nitrogens with zero attached hydrogens (tertiary/aromatic N) is 4. The smallest absolute Gasteiger partial charge is 0.257 e. The van der Waals surface area contributed by atoms with Crippen molar-refractivity contribution in [3.05, 3.63) is 12.4 Å². The fourth-order valence-corrected chi connectivity index (χ4v) is 3.99. The van der Waals surface area contributed by atoms with E-state index in [2.05, 4.69) is 33.6 Å². The van der Waals surface area contributed by atoms with E-state index >= 15 is 0 Å². The second-order valence-electron chi connectivity index (χ2n) is 7.01. The average molecular weight is 304 g/mol. The van der Waals surface area contributed by atoms with Crippen LogP contribution in [0.5, 0.6) is 5.88 Å². The Hall–Kier alpha value is -1.36. The molecule has 0 N–H and O–H groups in total. The molecule has 2 aliphatic rings. The summed E-state index contributed by atoms with van der Waals surface area (Å²) in [6, 6.07) is 1.97. The topological polar surface area (TPSA) is 41.5 Å². The van der Waals surface area contributed by atoms with Gasteiger partial charge in [-0.1, -0.05) is 0 Å². The molecule has 2 atom stereocenters. The van der Waals surface area contributed by atoms with Crippen LogP contribution in [-0.2, 0) is 0 Å². The Morgan fingerprint density at radius 3 is 2.50 bits per heavy atom. The van der Waals surface area contributed by atoms with Gasteiger partial charge in [0.2, 0.25) is 0 Å². The van der Waals surface area contributed by atoms with E-state index in [1.54, 1.807) is 12.4 Å². The number of fused-ring (bicyclic) bond motifs is 2. The van der Waals surface area contributed by atoms with Crippen molar-refractivity contribution in [2.24, 2.45) is 0 Å². The van der Waals surface area contributed by atoms with Crippen LogP contribution in [0.3, 0.4) is 0 Å². The molecule has 2 aliphatic heterocycles. The molecule has 0 aliphatic carbocycles. The predicted molar refractivity (Wildman–Crippen MR) is 88.4 cm³/mol. The fourth-order valence-electron chi connectivity index (χ4n) is 3.99. The monoisotopic (exact) mass is 304 g/mol. The van der Waals surface area contributed by atoms with Crippen molar-refractivity contribution in [3.8, 4) is 5.88 Å². The summed E-state index contributed by atoms with van der Waals surface area (Å²) < 4.78 is 5.86. The summed E-state index contributed by atoms with van der Waals surface area (Å²) in [6.45, 7) is 10.8. The second-order valence-corrected chi connectivity index (χ2v) is 7.01. The molecule has 122 valence electrons. The zero-order valence-corrected chi connectivity index (χ0v) is 14.2. The Balaban J connectivity index is 1.82. The Labute approximate surface area is 133 Å². The van der Waals surface area contributed by atoms with Crippen molar-refractivity contribution in [3.63, 3.8) is 0 Å². The third-order valence-electron chi connectivity index (χ3n) is 4.73. The molecule has 2 unspecified atom stereocenters. The summed E-state index contributed by atoms with van der Waals surface area (Å²) in [5.74, 6) is 1.58. The highest BCUT2D eigenvalue weighted by Crippen LogP contribution is 2.35. The van der Waals surface area contributed by atoms with Gasteiger partial charge in [0.05, 0.1) is 6.10 Å². The first-order chi connectivity index (χ1) is 10.6. The van der Waals surface area contributed by atoms with Gasteiger partial charge < -0.3 is 9.64 Å². The Morgan fingerprint density at radius 2 is 1.77 bits per heavy atom. The summed E-state index contributed by atoms with van der Waals surface area (Å²) in [4.78, 5) is 14.1. The number of ether oxygens (including phenoxy) is 1. The lowest BCUT2D eigenvalue weighted by atomic mass is 10.1. The largest absolute Gasteiger partial charge is 0.472 e. The molecule has 0 amide bonds.